The molecule has 1 saturated heterocycles. The average Bonchev–Trinajstić information content (AvgIpc) is 2.73. The molecule has 4 nitrogen and oxygen atoms in total. The molecule has 1 aliphatic heterocycles. The molecular weight excluding hydrogens is 194 g/mol. The van der Waals surface area contributed by atoms with Crippen molar-refractivity contribution in [2.75, 3.05) is 6.54 Å². The molecule has 15 heavy (non-hydrogen) atoms. The van der Waals surface area contributed by atoms with Crippen molar-refractivity contribution in [3.05, 3.63) is 23.7 Å². The van der Waals surface area contributed by atoms with Gasteiger partial charge in [0, 0.05) is 19.4 Å². The molecule has 0 radical (unpaired) electrons. The van der Waals surface area contributed by atoms with Crippen molar-refractivity contribution in [1.29, 1.82) is 0 Å². The Morgan fingerprint density at radius 2 is 2.47 bits per heavy atom. The van der Waals surface area contributed by atoms with Crippen LogP contribution in [-0.2, 0) is 11.2 Å². The van der Waals surface area contributed by atoms with Crippen LogP contribution in [-0.4, -0.2) is 28.7 Å². The Morgan fingerprint density at radius 3 is 3.00 bits per heavy atom. The first-order valence-corrected chi connectivity index (χ1v) is 5.18. The van der Waals surface area contributed by atoms with E-state index >= 15 is 0 Å². The van der Waals surface area contributed by atoms with Gasteiger partial charge in [0.15, 0.2) is 0 Å². The fourth-order valence-electron chi connectivity index (χ4n) is 1.87. The average molecular weight is 209 g/mol. The van der Waals surface area contributed by atoms with Gasteiger partial charge in [-0.05, 0) is 25.0 Å². The van der Waals surface area contributed by atoms with Gasteiger partial charge in [0.2, 0.25) is 5.91 Å². The molecule has 1 unspecified atom stereocenters. The number of amides is 1. The Labute approximate surface area is 88.5 Å². The molecule has 2 heterocycles. The second-order valence-electron chi connectivity index (χ2n) is 3.92. The summed E-state index contributed by atoms with van der Waals surface area (Å²) in [5.41, 5.74) is 1.07. The van der Waals surface area contributed by atoms with Crippen LogP contribution in [0.15, 0.2) is 16.7 Å². The number of carbonyl (C=O) groups is 1. The third kappa shape index (κ3) is 2.21. The number of nitrogens with zero attached hydrogens (tertiary/aromatic N) is 1. The molecule has 0 aliphatic carbocycles. The van der Waals surface area contributed by atoms with Crippen LogP contribution in [0, 0.1) is 6.92 Å². The number of aliphatic hydroxyl groups is 1. The van der Waals surface area contributed by atoms with E-state index in [1.807, 2.05) is 13.0 Å². The fraction of sp³-hybridized carbons (Fsp3) is 0.545. The van der Waals surface area contributed by atoms with E-state index in [9.17, 15) is 9.90 Å². The van der Waals surface area contributed by atoms with Crippen molar-refractivity contribution >= 4 is 5.91 Å². The minimum absolute atomic E-state index is 0.0442. The van der Waals surface area contributed by atoms with E-state index in [-0.39, 0.29) is 5.91 Å². The third-order valence-electron chi connectivity index (χ3n) is 2.72. The number of hydrogen-bond donors (Lipinski definition) is 1. The third-order valence-corrected chi connectivity index (χ3v) is 2.72. The normalized spacial score (nSPS) is 21.3. The lowest BCUT2D eigenvalue weighted by molar-refractivity contribution is -0.133. The van der Waals surface area contributed by atoms with Crippen LogP contribution in [0.25, 0.3) is 0 Å². The molecule has 4 heteroatoms. The Morgan fingerprint density at radius 1 is 1.67 bits per heavy atom. The monoisotopic (exact) mass is 209 g/mol. The van der Waals surface area contributed by atoms with Crippen molar-refractivity contribution in [1.82, 2.24) is 4.90 Å². The van der Waals surface area contributed by atoms with Crippen LogP contribution in [0.3, 0.4) is 0 Å². The molecule has 1 aliphatic rings. The van der Waals surface area contributed by atoms with E-state index < -0.39 is 6.23 Å². The van der Waals surface area contributed by atoms with Gasteiger partial charge in [-0.3, -0.25) is 4.79 Å². The summed E-state index contributed by atoms with van der Waals surface area (Å²) < 4.78 is 5.17. The highest BCUT2D eigenvalue weighted by Crippen LogP contribution is 2.17. The molecule has 0 saturated carbocycles. The molecule has 1 atom stereocenters. The van der Waals surface area contributed by atoms with Crippen molar-refractivity contribution in [2.24, 2.45) is 0 Å². The van der Waals surface area contributed by atoms with E-state index in [4.69, 9.17) is 4.42 Å². The van der Waals surface area contributed by atoms with Gasteiger partial charge in [-0.1, -0.05) is 0 Å². The van der Waals surface area contributed by atoms with Gasteiger partial charge in [-0.15, -0.1) is 0 Å². The fourth-order valence-corrected chi connectivity index (χ4v) is 1.87. The van der Waals surface area contributed by atoms with E-state index in [0.717, 1.165) is 17.7 Å². The van der Waals surface area contributed by atoms with Crippen molar-refractivity contribution < 1.29 is 14.3 Å². The maximum absolute atomic E-state index is 11.4. The molecule has 0 bridgehead atoms. The van der Waals surface area contributed by atoms with Crippen LogP contribution < -0.4 is 0 Å². The second kappa shape index (κ2) is 4.06. The van der Waals surface area contributed by atoms with Gasteiger partial charge in [-0.2, -0.15) is 0 Å². The summed E-state index contributed by atoms with van der Waals surface area (Å²) in [6.45, 7) is 2.46. The Hall–Kier alpha value is -1.29. The zero-order valence-corrected chi connectivity index (χ0v) is 8.77. The van der Waals surface area contributed by atoms with E-state index in [2.05, 4.69) is 0 Å². The number of hydrogen-bond acceptors (Lipinski definition) is 3. The van der Waals surface area contributed by atoms with Crippen LogP contribution in [0.4, 0.5) is 0 Å². The number of aliphatic hydroxyl groups excluding tert-OH is 1. The van der Waals surface area contributed by atoms with Gasteiger partial charge in [0.25, 0.3) is 0 Å². The molecule has 1 fully saturated rings. The van der Waals surface area contributed by atoms with Crippen molar-refractivity contribution in [3.8, 4) is 0 Å². The van der Waals surface area contributed by atoms with Gasteiger partial charge in [0.05, 0.1) is 6.26 Å². The lowest BCUT2D eigenvalue weighted by Gasteiger charge is -2.19. The molecule has 82 valence electrons. The van der Waals surface area contributed by atoms with Crippen molar-refractivity contribution in [3.63, 3.8) is 0 Å². The summed E-state index contributed by atoms with van der Waals surface area (Å²) >= 11 is 0. The minimum atomic E-state index is -0.592. The molecule has 1 N–H and O–H groups in total. The molecular formula is C11H15NO3. The topological polar surface area (TPSA) is 53.7 Å². The number of aryl methyl sites for hydroxylation is 1. The van der Waals surface area contributed by atoms with Crippen LogP contribution in [0.2, 0.25) is 0 Å². The number of likely N-dealkylation sites (tertiary alicyclic amines) is 1. The second-order valence-corrected chi connectivity index (χ2v) is 3.92. The largest absolute Gasteiger partial charge is 0.469 e. The lowest BCUT2D eigenvalue weighted by atomic mass is 10.2. The van der Waals surface area contributed by atoms with Crippen LogP contribution >= 0.6 is 0 Å². The number of furan rings is 1. The quantitative estimate of drug-likeness (QED) is 0.810. The standard InChI is InChI=1S/C11H15NO3/c1-8-6-9(7-15-8)4-5-12-10(13)2-3-11(12)14/h6-7,10,13H,2-5H2,1H3. The maximum Gasteiger partial charge on any atom is 0.224 e. The molecule has 0 spiro atoms. The lowest BCUT2D eigenvalue weighted by Crippen LogP contribution is -2.34. The van der Waals surface area contributed by atoms with Gasteiger partial charge >= 0.3 is 0 Å². The summed E-state index contributed by atoms with van der Waals surface area (Å²) in [6.07, 6.45) is 2.86. The molecule has 0 aromatic carbocycles. The minimum Gasteiger partial charge on any atom is -0.469 e. The predicted octanol–water partition coefficient (Wildman–Crippen LogP) is 1.07. The first kappa shape index (κ1) is 10.2. The van der Waals surface area contributed by atoms with Gasteiger partial charge in [-0.25, -0.2) is 0 Å². The Bertz CT molecular complexity index is 358. The zero-order chi connectivity index (χ0) is 10.8. The highest BCUT2D eigenvalue weighted by Gasteiger charge is 2.28. The first-order chi connectivity index (χ1) is 7.16. The van der Waals surface area contributed by atoms with E-state index in [0.29, 0.717) is 19.4 Å². The number of rotatable bonds is 3. The molecule has 2 rings (SSSR count). The van der Waals surface area contributed by atoms with Crippen LogP contribution in [0.1, 0.15) is 24.2 Å². The summed E-state index contributed by atoms with van der Waals surface area (Å²) in [6, 6.07) is 1.95. The molecule has 1 amide bonds. The summed E-state index contributed by atoms with van der Waals surface area (Å²) in [5.74, 6) is 0.918. The summed E-state index contributed by atoms with van der Waals surface area (Å²) in [4.78, 5) is 12.9. The first-order valence-electron chi connectivity index (χ1n) is 5.18. The predicted molar refractivity (Wildman–Crippen MR) is 54.1 cm³/mol. The number of carbonyl (C=O) groups excluding carboxylic acids is 1. The molecule has 1 aromatic rings. The van der Waals surface area contributed by atoms with Gasteiger partial charge < -0.3 is 14.4 Å². The zero-order valence-electron chi connectivity index (χ0n) is 8.77. The van der Waals surface area contributed by atoms with E-state index in [1.54, 1.807) is 6.26 Å². The molecule has 1 aromatic heterocycles. The SMILES string of the molecule is Cc1cc(CCN2C(=O)CCC2O)co1. The summed E-state index contributed by atoms with van der Waals surface area (Å²) in [7, 11) is 0. The Balaban J connectivity index is 1.90. The highest BCUT2D eigenvalue weighted by molar-refractivity contribution is 5.78. The summed E-state index contributed by atoms with van der Waals surface area (Å²) in [5, 5.41) is 9.52. The van der Waals surface area contributed by atoms with Gasteiger partial charge in [0.1, 0.15) is 12.0 Å². The smallest absolute Gasteiger partial charge is 0.224 e. The highest BCUT2D eigenvalue weighted by atomic mass is 16.3. The Kier molecular flexibility index (Phi) is 2.77. The maximum atomic E-state index is 11.4. The van der Waals surface area contributed by atoms with Crippen molar-refractivity contribution in [2.45, 2.75) is 32.4 Å². The van der Waals surface area contributed by atoms with Crippen LogP contribution in [0.5, 0.6) is 0 Å². The van der Waals surface area contributed by atoms with E-state index in [1.165, 1.54) is 4.90 Å².